The zero-order valence-electron chi connectivity index (χ0n) is 35.8. The minimum Gasteiger partial charge on any atom is -0.508 e. The van der Waals surface area contributed by atoms with E-state index in [2.05, 4.69) is 21.3 Å². The zero-order chi connectivity index (χ0) is 46.6. The molecule has 0 aromatic heterocycles. The summed E-state index contributed by atoms with van der Waals surface area (Å²) in [6, 6.07) is 24.6. The number of esters is 2. The molecule has 0 saturated heterocycles. The molecule has 5 aromatic carbocycles. The Kier molecular flexibility index (Phi) is 11.1. The summed E-state index contributed by atoms with van der Waals surface area (Å²) in [5.74, 6) is -0.528. The quantitative estimate of drug-likeness (QED) is 0.0358. The Hall–Kier alpha value is -7.34. The molecular formula is C50H44N4O11S2. The smallest absolute Gasteiger partial charge is 0.340 e. The van der Waals surface area contributed by atoms with Crippen LogP contribution in [0, 0.1) is 5.92 Å². The average Bonchev–Trinajstić information content (AvgIpc) is 3.74. The summed E-state index contributed by atoms with van der Waals surface area (Å²) < 4.78 is 30.6. The van der Waals surface area contributed by atoms with E-state index in [9.17, 15) is 30.0 Å². The maximum absolute atomic E-state index is 13.5. The van der Waals surface area contributed by atoms with Crippen LogP contribution in [0.3, 0.4) is 0 Å². The van der Waals surface area contributed by atoms with E-state index in [1.807, 2.05) is 19.1 Å². The molecule has 17 heteroatoms. The lowest BCUT2D eigenvalue weighted by atomic mass is 9.70. The maximum atomic E-state index is 13.5. The minimum atomic E-state index is -1.35. The van der Waals surface area contributed by atoms with Crippen molar-refractivity contribution >= 4 is 58.0 Å². The molecule has 67 heavy (non-hydrogen) atoms. The number of carbonyl (C=O) groups excluding carboxylic acids is 2. The molecule has 0 bridgehead atoms. The molecule has 5 aliphatic rings. The topological polar surface area (TPSA) is 209 Å². The number of hydrogen-bond donors (Lipinski definition) is 8. The predicted octanol–water partition coefficient (Wildman–Crippen LogP) is 8.02. The Morgan fingerprint density at radius 3 is 1.96 bits per heavy atom. The van der Waals surface area contributed by atoms with Gasteiger partial charge in [-0.15, -0.1) is 0 Å². The molecule has 0 fully saturated rings. The second-order valence-electron chi connectivity index (χ2n) is 16.9. The van der Waals surface area contributed by atoms with Gasteiger partial charge < -0.3 is 65.4 Å². The van der Waals surface area contributed by atoms with Gasteiger partial charge in [-0.1, -0.05) is 18.2 Å². The number of aliphatic hydroxyl groups is 1. The molecule has 5 aromatic rings. The third-order valence-electron chi connectivity index (χ3n) is 12.5. The van der Waals surface area contributed by atoms with Gasteiger partial charge in [0.15, 0.2) is 21.4 Å². The summed E-state index contributed by atoms with van der Waals surface area (Å²) in [4.78, 5) is 27.0. The molecule has 4 atom stereocenters. The first-order chi connectivity index (χ1) is 32.3. The second kappa shape index (κ2) is 17.1. The van der Waals surface area contributed by atoms with E-state index in [0.29, 0.717) is 97.5 Å². The number of unbranched alkanes of at least 4 members (excludes halogenated alkanes) is 2. The number of fused-ring (bicyclic) bond motifs is 12. The van der Waals surface area contributed by atoms with Crippen molar-refractivity contribution < 1.29 is 53.7 Å². The van der Waals surface area contributed by atoms with E-state index in [0.717, 1.165) is 19.3 Å². The third-order valence-corrected chi connectivity index (χ3v) is 13.0. The number of anilines is 2. The Morgan fingerprint density at radius 1 is 0.687 bits per heavy atom. The van der Waals surface area contributed by atoms with Gasteiger partial charge in [0.05, 0.1) is 23.1 Å². The third kappa shape index (κ3) is 7.77. The number of rotatable bonds is 11. The first kappa shape index (κ1) is 43.5. The van der Waals surface area contributed by atoms with Crippen LogP contribution in [0.25, 0.3) is 0 Å². The first-order valence-electron chi connectivity index (χ1n) is 21.7. The van der Waals surface area contributed by atoms with E-state index in [-0.39, 0.29) is 29.1 Å². The highest BCUT2D eigenvalue weighted by Gasteiger charge is 2.59. The fourth-order valence-corrected chi connectivity index (χ4v) is 9.91. The Morgan fingerprint density at radius 2 is 1.27 bits per heavy atom. The second-order valence-corrected chi connectivity index (χ2v) is 17.7. The number of hydrogen-bond acceptors (Lipinski definition) is 13. The lowest BCUT2D eigenvalue weighted by molar-refractivity contribution is -0.0424. The Balaban J connectivity index is 0.670. The van der Waals surface area contributed by atoms with Crippen LogP contribution in [0.5, 0.6) is 34.5 Å². The van der Waals surface area contributed by atoms with Gasteiger partial charge >= 0.3 is 11.9 Å². The van der Waals surface area contributed by atoms with Crippen molar-refractivity contribution in [2.24, 2.45) is 5.92 Å². The molecule has 15 nitrogen and oxygen atoms in total. The summed E-state index contributed by atoms with van der Waals surface area (Å²) in [5, 5.41) is 54.3. The lowest BCUT2D eigenvalue weighted by Gasteiger charge is -2.44. The van der Waals surface area contributed by atoms with Crippen molar-refractivity contribution in [1.82, 2.24) is 10.6 Å². The highest BCUT2D eigenvalue weighted by atomic mass is 32.1. The van der Waals surface area contributed by atoms with E-state index in [1.165, 1.54) is 36.4 Å². The normalized spacial score (nSPS) is 20.0. The van der Waals surface area contributed by atoms with Crippen molar-refractivity contribution in [3.8, 4) is 34.5 Å². The molecule has 8 N–H and O–H groups in total. The summed E-state index contributed by atoms with van der Waals surface area (Å²) in [6.45, 7) is 3.58. The van der Waals surface area contributed by atoms with Crippen LogP contribution in [-0.2, 0) is 25.4 Å². The van der Waals surface area contributed by atoms with E-state index in [4.69, 9.17) is 48.1 Å². The number of allylic oxidation sites excluding steroid dienone is 1. The molecule has 0 saturated carbocycles. The van der Waals surface area contributed by atoms with Crippen LogP contribution in [0.4, 0.5) is 11.4 Å². The number of aromatic hydroxyl groups is 3. The van der Waals surface area contributed by atoms with Gasteiger partial charge in [0.1, 0.15) is 46.4 Å². The molecule has 342 valence electrons. The zero-order valence-corrected chi connectivity index (χ0v) is 37.5. The van der Waals surface area contributed by atoms with Crippen LogP contribution in [-0.4, -0.2) is 74.5 Å². The van der Waals surface area contributed by atoms with Crippen molar-refractivity contribution in [3.63, 3.8) is 0 Å². The number of thiocarbonyl (C=S) groups is 2. The number of aliphatic hydroxyl groups excluding tert-OH is 1. The molecule has 0 radical (unpaired) electrons. The predicted molar refractivity (Wildman–Crippen MR) is 254 cm³/mol. The van der Waals surface area contributed by atoms with Crippen LogP contribution < -0.4 is 30.7 Å². The van der Waals surface area contributed by atoms with Gasteiger partial charge in [0.25, 0.3) is 0 Å². The number of carbonyl (C=O) groups is 2. The molecule has 1 aliphatic carbocycles. The van der Waals surface area contributed by atoms with Gasteiger partial charge in [-0.05, 0) is 123 Å². The van der Waals surface area contributed by atoms with Crippen LogP contribution >= 0.6 is 24.4 Å². The first-order valence-corrected chi connectivity index (χ1v) is 22.5. The van der Waals surface area contributed by atoms with Gasteiger partial charge in [-0.25, -0.2) is 9.59 Å². The van der Waals surface area contributed by atoms with Crippen molar-refractivity contribution in [3.05, 3.63) is 154 Å². The monoisotopic (exact) mass is 940 g/mol. The van der Waals surface area contributed by atoms with Crippen LogP contribution in [0.15, 0.2) is 115 Å². The highest BCUT2D eigenvalue weighted by Crippen LogP contribution is 2.58. The van der Waals surface area contributed by atoms with Gasteiger partial charge in [0.2, 0.25) is 0 Å². The molecule has 10 rings (SSSR count). The maximum Gasteiger partial charge on any atom is 0.340 e. The molecular weight excluding hydrogens is 897 g/mol. The molecule has 4 aliphatic heterocycles. The van der Waals surface area contributed by atoms with Crippen LogP contribution in [0.1, 0.15) is 74.7 Å². The summed E-state index contributed by atoms with van der Waals surface area (Å²) in [7, 11) is 0. The number of ether oxygens (including phenoxy) is 5. The molecule has 4 heterocycles. The number of nitrogens with one attached hydrogen (secondary N) is 4. The van der Waals surface area contributed by atoms with Gasteiger partial charge in [-0.3, -0.25) is 0 Å². The standard InChI is InChI=1S/C50H44N4O11S2/c1-26(25-52-48(67)54-28-6-12-36-34(20-28)46(60)65-50(36)39-15-9-31(57)23-43(39)63-44-24-32(58)10-16-40(44)50)61-18-4-2-3-17-51-47(66)53-27-5-11-35-33(19-27)45(59)64-49(35)37-13-7-29(55)21-41(37)62-42-22-30(56)8-14-38(42)49/h5-16,19-24,26,37,41,55-58H,2-4,17-18,25H2,1H3,(H2,51,53,66)(H2,52,54,67). The highest BCUT2D eigenvalue weighted by molar-refractivity contribution is 7.80. The van der Waals surface area contributed by atoms with E-state index < -0.39 is 35.2 Å². The van der Waals surface area contributed by atoms with Crippen LogP contribution in [0.2, 0.25) is 0 Å². The minimum absolute atomic E-state index is 0.00508. The van der Waals surface area contributed by atoms with E-state index >= 15 is 0 Å². The van der Waals surface area contributed by atoms with Crippen molar-refractivity contribution in [2.75, 3.05) is 30.3 Å². The number of benzene rings is 5. The van der Waals surface area contributed by atoms with Crippen molar-refractivity contribution in [2.45, 2.75) is 49.6 Å². The number of phenols is 3. The largest absolute Gasteiger partial charge is 0.508 e. The Labute approximate surface area is 395 Å². The van der Waals surface area contributed by atoms with Crippen molar-refractivity contribution in [1.29, 1.82) is 0 Å². The van der Waals surface area contributed by atoms with Gasteiger partial charge in [0, 0.05) is 77.1 Å². The lowest BCUT2D eigenvalue weighted by Crippen LogP contribution is -2.48. The SMILES string of the molecule is CC(CNC(=S)Nc1ccc2c(c1)C(=O)OC21c2ccc(O)cc2Oc2cc(O)ccc21)OCCCCCNC(=S)Nc1ccc2c(c1)C(=O)OC21c2ccc(O)cc2OC2C=C(O)C=CC21. The van der Waals surface area contributed by atoms with E-state index in [1.54, 1.807) is 60.7 Å². The van der Waals surface area contributed by atoms with Gasteiger partial charge in [-0.2, -0.15) is 0 Å². The molecule has 2 spiro atoms. The summed E-state index contributed by atoms with van der Waals surface area (Å²) in [6.07, 6.45) is 6.72. The number of phenolic OH excluding ortho intramolecular Hbond substituents is 3. The average molecular weight is 941 g/mol. The summed E-state index contributed by atoms with van der Waals surface area (Å²) >= 11 is 11.1. The Bertz CT molecular complexity index is 2910. The fraction of sp³-hybridized carbons (Fsp3) is 0.240. The fourth-order valence-electron chi connectivity index (χ4n) is 9.49. The summed E-state index contributed by atoms with van der Waals surface area (Å²) in [5.41, 5.74) is 2.26. The molecule has 4 unspecified atom stereocenters. The molecule has 0 amide bonds.